The van der Waals surface area contributed by atoms with Gasteiger partial charge in [-0.3, -0.25) is 0 Å². The van der Waals surface area contributed by atoms with Gasteiger partial charge in [0, 0.05) is 31.4 Å². The lowest BCUT2D eigenvalue weighted by Gasteiger charge is -2.14. The highest BCUT2D eigenvalue weighted by molar-refractivity contribution is 5.88. The Kier molecular flexibility index (Phi) is 16.4. The Morgan fingerprint density at radius 3 is 2.27 bits per heavy atom. The standard InChI is InChI=1S/C25H37NO4.C13H10O2/c27-20-23-18-22(13-14-24(23)28)25(29)19-26-15-7-1-2-8-16-30-17-9-6-12-21-10-4-3-5-11-21;14-13(15)8-6-10-5-7-11-3-1-2-4-12(11)9-10/h3-5,10-11,13-14,18,25-29H,1-2,6-9,12,15-17,19-20H2;1-9H,(H,14,15)/b;8-6+. The van der Waals surface area contributed by atoms with E-state index in [2.05, 4.69) is 35.6 Å². The average Bonchev–Trinajstić information content (AvgIpc) is 3.06. The highest BCUT2D eigenvalue weighted by Gasteiger charge is 2.10. The minimum atomic E-state index is -0.928. The quantitative estimate of drug-likeness (QED) is 0.0603. The summed E-state index contributed by atoms with van der Waals surface area (Å²) in [5.74, 6) is -0.874. The molecule has 1 unspecified atom stereocenters. The molecule has 4 aromatic carbocycles. The van der Waals surface area contributed by atoms with Gasteiger partial charge in [0.05, 0.1) is 12.7 Å². The molecule has 0 aromatic heterocycles. The van der Waals surface area contributed by atoms with Crippen LogP contribution in [-0.2, 0) is 22.6 Å². The molecule has 0 aliphatic rings. The monoisotopic (exact) mass is 613 g/mol. The molecular weight excluding hydrogens is 566 g/mol. The number of aliphatic carboxylic acids is 1. The Labute approximate surface area is 266 Å². The Morgan fingerprint density at radius 1 is 0.800 bits per heavy atom. The molecule has 0 radical (unpaired) electrons. The summed E-state index contributed by atoms with van der Waals surface area (Å²) in [6, 6.07) is 29.3. The normalized spacial score (nSPS) is 11.8. The largest absolute Gasteiger partial charge is 0.508 e. The summed E-state index contributed by atoms with van der Waals surface area (Å²) in [5, 5.41) is 43.0. The van der Waals surface area contributed by atoms with Crippen molar-refractivity contribution in [3.8, 4) is 5.75 Å². The van der Waals surface area contributed by atoms with Crippen LogP contribution in [0.1, 0.15) is 66.9 Å². The summed E-state index contributed by atoms with van der Waals surface area (Å²) in [6.45, 7) is 2.77. The van der Waals surface area contributed by atoms with E-state index in [9.17, 15) is 20.1 Å². The van der Waals surface area contributed by atoms with Crippen LogP contribution in [0.25, 0.3) is 16.8 Å². The minimum absolute atomic E-state index is 0.0533. The maximum atomic E-state index is 10.3. The van der Waals surface area contributed by atoms with E-state index in [0.717, 1.165) is 80.7 Å². The van der Waals surface area contributed by atoms with Gasteiger partial charge in [-0.25, -0.2) is 4.79 Å². The number of aliphatic hydroxyl groups is 2. The minimum Gasteiger partial charge on any atom is -0.508 e. The number of fused-ring (bicyclic) bond motifs is 1. The molecule has 4 aromatic rings. The van der Waals surface area contributed by atoms with Gasteiger partial charge in [-0.1, -0.05) is 85.6 Å². The second-order valence-electron chi connectivity index (χ2n) is 11.0. The van der Waals surface area contributed by atoms with Gasteiger partial charge in [0.1, 0.15) is 5.75 Å². The molecule has 0 fully saturated rings. The van der Waals surface area contributed by atoms with Gasteiger partial charge in [-0.05, 0) is 90.4 Å². The summed E-state index contributed by atoms with van der Waals surface area (Å²) in [4.78, 5) is 10.3. The number of hydrogen-bond acceptors (Lipinski definition) is 6. The Hall–Kier alpha value is -4.01. The van der Waals surface area contributed by atoms with Crippen molar-refractivity contribution >= 4 is 22.8 Å². The summed E-state index contributed by atoms with van der Waals surface area (Å²) < 4.78 is 5.72. The highest BCUT2D eigenvalue weighted by Crippen LogP contribution is 2.22. The fraction of sp³-hybridized carbons (Fsp3) is 0.342. The van der Waals surface area contributed by atoms with Crippen molar-refractivity contribution in [1.82, 2.24) is 5.32 Å². The third-order valence-electron chi connectivity index (χ3n) is 7.43. The van der Waals surface area contributed by atoms with E-state index in [4.69, 9.17) is 9.84 Å². The number of aryl methyl sites for hydroxylation is 1. The molecule has 0 saturated heterocycles. The first kappa shape index (κ1) is 35.5. The zero-order valence-corrected chi connectivity index (χ0v) is 26.0. The number of nitrogens with one attached hydrogen (secondary N) is 1. The van der Waals surface area contributed by atoms with Gasteiger partial charge in [0.25, 0.3) is 0 Å². The molecule has 240 valence electrons. The van der Waals surface area contributed by atoms with Gasteiger partial charge in [-0.15, -0.1) is 0 Å². The lowest BCUT2D eigenvalue weighted by molar-refractivity contribution is -0.131. The summed E-state index contributed by atoms with van der Waals surface area (Å²) in [7, 11) is 0. The van der Waals surface area contributed by atoms with Crippen LogP contribution in [0.2, 0.25) is 0 Å². The number of carboxylic acid groups (broad SMARTS) is 1. The van der Waals surface area contributed by atoms with E-state index in [1.165, 1.54) is 18.1 Å². The number of phenols is 1. The van der Waals surface area contributed by atoms with Crippen LogP contribution in [0.4, 0.5) is 0 Å². The van der Waals surface area contributed by atoms with Crippen molar-refractivity contribution in [2.45, 2.75) is 57.7 Å². The number of carboxylic acids is 1. The molecular formula is C38H47NO6. The second-order valence-corrected chi connectivity index (χ2v) is 11.0. The lowest BCUT2D eigenvalue weighted by atomic mass is 10.1. The van der Waals surface area contributed by atoms with E-state index in [1.54, 1.807) is 18.2 Å². The molecule has 7 heteroatoms. The van der Waals surface area contributed by atoms with Crippen molar-refractivity contribution in [3.05, 3.63) is 119 Å². The molecule has 0 bridgehead atoms. The van der Waals surface area contributed by atoms with Gasteiger partial charge in [0.15, 0.2) is 0 Å². The number of rotatable bonds is 18. The van der Waals surface area contributed by atoms with Crippen LogP contribution >= 0.6 is 0 Å². The fourth-order valence-corrected chi connectivity index (χ4v) is 4.86. The molecule has 4 rings (SSSR count). The predicted molar refractivity (Wildman–Crippen MR) is 181 cm³/mol. The van der Waals surface area contributed by atoms with Crippen molar-refractivity contribution in [2.75, 3.05) is 26.3 Å². The third-order valence-corrected chi connectivity index (χ3v) is 7.43. The zero-order valence-electron chi connectivity index (χ0n) is 26.0. The summed E-state index contributed by atoms with van der Waals surface area (Å²) in [6.07, 6.45) is 9.97. The average molecular weight is 614 g/mol. The molecule has 0 spiro atoms. The van der Waals surface area contributed by atoms with Crippen molar-refractivity contribution in [2.24, 2.45) is 0 Å². The van der Waals surface area contributed by atoms with Gasteiger partial charge in [-0.2, -0.15) is 0 Å². The van der Waals surface area contributed by atoms with E-state index < -0.39 is 12.1 Å². The number of unbranched alkanes of at least 4 members (excludes halogenated alkanes) is 4. The second kappa shape index (κ2) is 20.9. The van der Waals surface area contributed by atoms with E-state index in [1.807, 2.05) is 42.5 Å². The van der Waals surface area contributed by atoms with Gasteiger partial charge >= 0.3 is 5.97 Å². The van der Waals surface area contributed by atoms with Gasteiger partial charge < -0.3 is 30.5 Å². The van der Waals surface area contributed by atoms with E-state index in [-0.39, 0.29) is 12.4 Å². The summed E-state index contributed by atoms with van der Waals surface area (Å²) in [5.41, 5.74) is 3.43. The van der Waals surface area contributed by atoms with Crippen LogP contribution in [0.15, 0.2) is 97.1 Å². The Bertz CT molecular complexity index is 1440. The molecule has 45 heavy (non-hydrogen) atoms. The maximum Gasteiger partial charge on any atom is 0.328 e. The number of aliphatic hydroxyl groups excluding tert-OH is 2. The van der Waals surface area contributed by atoms with E-state index in [0.29, 0.717) is 17.7 Å². The Balaban J connectivity index is 0.000000305. The molecule has 0 aliphatic carbocycles. The van der Waals surface area contributed by atoms with Gasteiger partial charge in [0.2, 0.25) is 0 Å². The predicted octanol–water partition coefficient (Wildman–Crippen LogP) is 7.05. The van der Waals surface area contributed by atoms with Crippen LogP contribution in [0, 0.1) is 0 Å². The zero-order chi connectivity index (χ0) is 32.1. The first-order valence-electron chi connectivity index (χ1n) is 15.8. The van der Waals surface area contributed by atoms with Crippen LogP contribution in [0.3, 0.4) is 0 Å². The van der Waals surface area contributed by atoms with Crippen LogP contribution < -0.4 is 5.32 Å². The van der Waals surface area contributed by atoms with Crippen LogP contribution in [0.5, 0.6) is 5.75 Å². The van der Waals surface area contributed by atoms with Crippen molar-refractivity contribution in [1.29, 1.82) is 0 Å². The third kappa shape index (κ3) is 14.1. The molecule has 0 saturated carbocycles. The molecule has 0 amide bonds. The van der Waals surface area contributed by atoms with Crippen LogP contribution in [-0.4, -0.2) is 52.7 Å². The molecule has 1 atom stereocenters. The molecule has 7 nitrogen and oxygen atoms in total. The van der Waals surface area contributed by atoms with Crippen molar-refractivity contribution in [3.63, 3.8) is 0 Å². The number of hydrogen-bond donors (Lipinski definition) is 5. The topological polar surface area (TPSA) is 119 Å². The van der Waals surface area contributed by atoms with Crippen molar-refractivity contribution < 1.29 is 30.0 Å². The maximum absolute atomic E-state index is 10.3. The fourth-order valence-electron chi connectivity index (χ4n) is 4.86. The highest BCUT2D eigenvalue weighted by atomic mass is 16.5. The molecule has 0 aliphatic heterocycles. The number of aromatic hydroxyl groups is 1. The number of carbonyl (C=O) groups is 1. The first-order chi connectivity index (χ1) is 22.0. The Morgan fingerprint density at radius 2 is 1.51 bits per heavy atom. The smallest absolute Gasteiger partial charge is 0.328 e. The molecule has 5 N–H and O–H groups in total. The summed E-state index contributed by atoms with van der Waals surface area (Å²) >= 11 is 0. The van der Waals surface area contributed by atoms with E-state index >= 15 is 0 Å². The SMILES string of the molecule is O=C(O)/C=C/c1ccc2ccccc2c1.OCc1cc(C(O)CNCCCCCCOCCCCc2ccccc2)ccc1O. The number of ether oxygens (including phenoxy) is 1. The lowest BCUT2D eigenvalue weighted by Crippen LogP contribution is -2.22. The number of benzene rings is 4. The first-order valence-corrected chi connectivity index (χ1v) is 15.8. The molecule has 0 heterocycles.